The highest BCUT2D eigenvalue weighted by Gasteiger charge is 2.64. The van der Waals surface area contributed by atoms with E-state index in [1.54, 1.807) is 54.7 Å². The molecule has 21 atom stereocenters. The minimum atomic E-state index is -4.26. The number of fused-ring (bicyclic) bond motifs is 3. The van der Waals surface area contributed by atoms with Crippen molar-refractivity contribution in [3.05, 3.63) is 343 Å². The SMILES string of the molecule is CC(C)(C[C@H]1[C@H](O[C@@H]2[C@H]3OC(=O)N[C@@H]3C[C@H](NC(=O)OCc3ccccc3)[C@H]2O[C@H]2O[C@@H]3COC(C4=CC=CCC4)O[C@H]3[C@H](OC(=S)n3ccnc3)[C@H]2NC(=O)OCc2ccccc2)O[C@H](CO[Si](c2ccccc2)(c2ccccc2)C(C)(C)C)[C@H]1O[C@H]1O[C@H]2CN(C(=O)OCc3ccccc3)C(c3ccccc3)O[C@H]2[C@H](O)[C@H]1NC(=O)OCc1ccccc1)[Si](O)(c1ccccc1)c1ccccc1. The monoisotopic (exact) mass is 1940 g/mol. The molecule has 7 heterocycles. The second-order valence-electron chi connectivity index (χ2n) is 37.6. The number of hydrogen-bond donors (Lipinski definition) is 6. The number of amides is 5. The lowest BCUT2D eigenvalue weighted by atomic mass is 9.83. The summed E-state index contributed by atoms with van der Waals surface area (Å²) in [6, 6.07) is 79.0. The van der Waals surface area contributed by atoms with E-state index < -0.39 is 186 Å². The molecular formula is C106H115N7O23SSi2. The molecule has 1 saturated carbocycles. The molecular weight excluding hydrogens is 1830 g/mol. The number of aromatic nitrogens is 2. The highest BCUT2D eigenvalue weighted by Crippen LogP contribution is 2.51. The summed E-state index contributed by atoms with van der Waals surface area (Å²) in [7, 11) is -7.97. The van der Waals surface area contributed by atoms with Gasteiger partial charge in [0, 0.05) is 23.9 Å². The zero-order valence-electron chi connectivity index (χ0n) is 77.6. The smallest absolute Gasteiger partial charge is 0.412 e. The molecule has 6 N–H and O–H groups in total. The van der Waals surface area contributed by atoms with Crippen molar-refractivity contribution in [1.82, 2.24) is 35.7 Å². The molecule has 726 valence electrons. The number of benzene rings is 9. The summed E-state index contributed by atoms with van der Waals surface area (Å²) in [6.45, 7) is 8.96. The molecule has 9 aromatic carbocycles. The number of aliphatic hydroxyl groups excluding tert-OH is 1. The number of carbonyl (C=O) groups excluding carboxylic acids is 5. The Morgan fingerprint density at radius 3 is 1.58 bits per heavy atom. The van der Waals surface area contributed by atoms with Gasteiger partial charge in [0.1, 0.15) is 93.7 Å². The molecule has 5 amide bonds. The lowest BCUT2D eigenvalue weighted by Gasteiger charge is -2.51. The number of hydrogen-bond acceptors (Lipinski definition) is 25. The maximum atomic E-state index is 15.2. The molecule has 139 heavy (non-hydrogen) atoms. The molecule has 33 heteroatoms. The molecule has 7 fully saturated rings. The van der Waals surface area contributed by atoms with Crippen LogP contribution in [0.3, 0.4) is 0 Å². The van der Waals surface area contributed by atoms with Gasteiger partial charge in [-0.05, 0) is 96.6 Å². The molecule has 6 saturated heterocycles. The van der Waals surface area contributed by atoms with Gasteiger partial charge in [-0.1, -0.05) is 326 Å². The fraction of sp³-hybridized carbons (Fsp3) is 0.368. The largest absolute Gasteiger partial charge is 0.462 e. The van der Waals surface area contributed by atoms with Gasteiger partial charge >= 0.3 is 30.5 Å². The summed E-state index contributed by atoms with van der Waals surface area (Å²) in [5.41, 5.74) is 4.05. The van der Waals surface area contributed by atoms with E-state index in [4.69, 9.17) is 87.7 Å². The Balaban J connectivity index is 0.804. The predicted octanol–water partition coefficient (Wildman–Crippen LogP) is 12.7. The van der Waals surface area contributed by atoms with Crippen LogP contribution in [0.15, 0.2) is 316 Å². The fourth-order valence-corrected chi connectivity index (χ4v) is 28.9. The van der Waals surface area contributed by atoms with Crippen LogP contribution in [0.5, 0.6) is 0 Å². The summed E-state index contributed by atoms with van der Waals surface area (Å²) >= 11 is 6.14. The predicted molar refractivity (Wildman–Crippen MR) is 518 cm³/mol. The van der Waals surface area contributed by atoms with Crippen molar-refractivity contribution >= 4 is 85.2 Å². The van der Waals surface area contributed by atoms with Crippen LogP contribution in [0.25, 0.3) is 0 Å². The Morgan fingerprint density at radius 1 is 0.547 bits per heavy atom. The average molecular weight is 1940 g/mol. The maximum Gasteiger partial charge on any atom is 0.412 e. The Kier molecular flexibility index (Phi) is 30.5. The van der Waals surface area contributed by atoms with Gasteiger partial charge in [-0.15, -0.1) is 0 Å². The number of imidazole rings is 1. The van der Waals surface area contributed by atoms with Gasteiger partial charge in [-0.3, -0.25) is 9.47 Å². The van der Waals surface area contributed by atoms with Crippen molar-refractivity contribution < 1.29 is 109 Å². The van der Waals surface area contributed by atoms with E-state index in [1.807, 2.05) is 232 Å². The second-order valence-corrected chi connectivity index (χ2v) is 46.2. The van der Waals surface area contributed by atoms with Crippen LogP contribution >= 0.6 is 12.2 Å². The van der Waals surface area contributed by atoms with Crippen molar-refractivity contribution in [2.24, 2.45) is 5.92 Å². The van der Waals surface area contributed by atoms with Crippen LogP contribution in [0, 0.1) is 5.92 Å². The summed E-state index contributed by atoms with van der Waals surface area (Å²) in [6.07, 6.45) is -15.5. The van der Waals surface area contributed by atoms with Crippen LogP contribution in [-0.2, 0) is 102 Å². The highest BCUT2D eigenvalue weighted by atomic mass is 32.1. The number of alkyl carbamates (subject to hydrolysis) is 4. The van der Waals surface area contributed by atoms with Gasteiger partial charge < -0.3 is 107 Å². The second kappa shape index (κ2) is 43.7. The van der Waals surface area contributed by atoms with E-state index in [1.165, 1.54) is 22.0 Å². The van der Waals surface area contributed by atoms with Gasteiger partial charge in [-0.2, -0.15) is 0 Å². The third-order valence-corrected chi connectivity index (χ3v) is 36.9. The van der Waals surface area contributed by atoms with Crippen LogP contribution < -0.4 is 42.0 Å². The zero-order valence-corrected chi connectivity index (χ0v) is 80.4. The summed E-state index contributed by atoms with van der Waals surface area (Å²) in [4.78, 5) is 95.8. The van der Waals surface area contributed by atoms with E-state index in [0.29, 0.717) is 51.0 Å². The van der Waals surface area contributed by atoms with E-state index in [2.05, 4.69) is 71.3 Å². The molecule has 2 unspecified atom stereocenters. The maximum absolute atomic E-state index is 15.2. The molecule has 2 aliphatic carbocycles. The molecule has 0 bridgehead atoms. The molecule has 0 spiro atoms. The first kappa shape index (κ1) is 97.1. The highest BCUT2D eigenvalue weighted by molar-refractivity contribution is 7.80. The Hall–Kier alpha value is -12.1. The quantitative estimate of drug-likeness (QED) is 0.0138. The van der Waals surface area contributed by atoms with Crippen molar-refractivity contribution in [3.63, 3.8) is 0 Å². The van der Waals surface area contributed by atoms with Crippen molar-refractivity contribution in [1.29, 1.82) is 0 Å². The van der Waals surface area contributed by atoms with Crippen LogP contribution in [0.1, 0.15) is 94.3 Å². The standard InChI is InChI=1S/C106H115N7O23SSi2/c1-105(2,3)139(76-52-32-14-33-53-76,77-54-34-15-35-55-77)126-66-83-87(131-97-84(110-100(116)123-62-69-38-18-7-19-39-69)86(114)90-81(127-97)60-113(94(130-90)72-44-24-10-25-45-72)103(119)125-64-71-42-22-9-23-43-71)78(59-106(4,5)138(120,74-48-28-12-29-49-74)75-50-30-13-31-51-75)96(128-83)134-93-88(79(58-80-89(93)135-102(118)109-80)108-99(115)122-61-68-36-16-6-17-37-68)132-98-85(111-101(117)124-63-70-40-20-8-21-41-70)92(136-104(137)112-57-56-107-67-112)91-82(129-98)65-121-95(133-91)73-46-26-11-27-47-73/h6-26,28-46,48-57,67,78-98,114,120H,27,47,58-66H2,1-5H3,(H,108,115)(H,109,118)(H,110,116)(H,111,117)/t78-,79+,80-,81+,82-,83-,84-,85-,86-,87+,88-,89+,90-,91-,92-,93+,94?,95?,96+,97-,98-/m1/s1. The average Bonchev–Trinajstić information content (AvgIpc) is 1.59. The number of aliphatic hydroxyl groups is 1. The molecule has 0 radical (unpaired) electrons. The summed E-state index contributed by atoms with van der Waals surface area (Å²) in [5.74, 6) is -1.23. The summed E-state index contributed by atoms with van der Waals surface area (Å²) in [5, 5.41) is 26.9. The number of thiocarbonyl (C=S) groups is 1. The molecule has 18 rings (SSSR count). The van der Waals surface area contributed by atoms with Gasteiger partial charge in [0.2, 0.25) is 0 Å². The van der Waals surface area contributed by atoms with E-state index in [9.17, 15) is 14.7 Å². The van der Waals surface area contributed by atoms with Crippen molar-refractivity contribution in [3.8, 4) is 0 Å². The lowest BCUT2D eigenvalue weighted by molar-refractivity contribution is -0.348. The normalized spacial score (nSPS) is 27.3. The summed E-state index contributed by atoms with van der Waals surface area (Å²) < 4.78 is 115. The Labute approximate surface area is 814 Å². The van der Waals surface area contributed by atoms with Gasteiger partial charge in [0.25, 0.3) is 21.8 Å². The fourth-order valence-electron chi connectivity index (χ4n) is 20.3. The molecule has 6 aliphatic heterocycles. The van der Waals surface area contributed by atoms with Gasteiger partial charge in [0.05, 0.1) is 37.9 Å². The molecule has 10 aromatic rings. The Bertz CT molecular complexity index is 5750. The van der Waals surface area contributed by atoms with E-state index >= 15 is 19.2 Å². The van der Waals surface area contributed by atoms with E-state index in [0.717, 1.165) is 15.9 Å². The minimum Gasteiger partial charge on any atom is -0.462 e. The Morgan fingerprint density at radius 2 is 1.04 bits per heavy atom. The first-order valence-electron chi connectivity index (χ1n) is 47.1. The van der Waals surface area contributed by atoms with Crippen molar-refractivity contribution in [2.45, 2.75) is 220 Å². The van der Waals surface area contributed by atoms with Gasteiger partial charge in [0.15, 0.2) is 43.6 Å². The zero-order chi connectivity index (χ0) is 96.2. The third kappa shape index (κ3) is 21.9. The number of nitrogens with zero attached hydrogens (tertiary/aromatic N) is 3. The molecule has 30 nitrogen and oxygen atoms in total. The van der Waals surface area contributed by atoms with Gasteiger partial charge in [-0.25, -0.2) is 29.0 Å². The number of nitrogens with one attached hydrogen (secondary N) is 4. The van der Waals surface area contributed by atoms with Crippen LogP contribution in [-0.4, -0.2) is 213 Å². The third-order valence-electron chi connectivity index (χ3n) is 27.1. The van der Waals surface area contributed by atoms with Crippen LogP contribution in [0.4, 0.5) is 24.0 Å². The van der Waals surface area contributed by atoms with Crippen molar-refractivity contribution in [2.75, 3.05) is 19.8 Å². The van der Waals surface area contributed by atoms with E-state index in [-0.39, 0.29) is 64.2 Å². The number of carbonyl (C=O) groups is 5. The number of allylic oxidation sites excluding steroid dienone is 3. The topological polar surface area (TPSA) is 343 Å². The number of rotatable bonds is 30. The number of ether oxygens (including phenoxy) is 15. The first-order valence-corrected chi connectivity index (χ1v) is 51.4. The minimum absolute atomic E-state index is 0.0974. The molecule has 1 aromatic heterocycles. The molecule has 8 aliphatic rings. The van der Waals surface area contributed by atoms with Crippen LogP contribution in [0.2, 0.25) is 10.1 Å². The first-order chi connectivity index (χ1) is 67.5. The lowest BCUT2D eigenvalue weighted by Crippen LogP contribution is -2.71.